The molecule has 4 rings (SSSR count). The monoisotopic (exact) mass is 557 g/mol. The van der Waals surface area contributed by atoms with Gasteiger partial charge < -0.3 is 19.7 Å². The summed E-state index contributed by atoms with van der Waals surface area (Å²) in [6.07, 6.45) is 1.09. The van der Waals surface area contributed by atoms with Crippen molar-refractivity contribution in [3.63, 3.8) is 0 Å². The van der Waals surface area contributed by atoms with Crippen molar-refractivity contribution in [3.05, 3.63) is 75.6 Å². The Labute approximate surface area is 229 Å². The highest BCUT2D eigenvalue weighted by Crippen LogP contribution is 2.29. The maximum atomic E-state index is 13.4. The molecule has 1 saturated heterocycles. The molecule has 208 valence electrons. The van der Waals surface area contributed by atoms with Gasteiger partial charge >= 0.3 is 11.8 Å². The number of halogens is 1. The summed E-state index contributed by atoms with van der Waals surface area (Å²) >= 11 is 1.53. The number of aromatic nitrogens is 3. The summed E-state index contributed by atoms with van der Waals surface area (Å²) in [6.45, 7) is 7.58. The first-order valence-corrected chi connectivity index (χ1v) is 13.4. The minimum absolute atomic E-state index is 0.000472. The third-order valence-electron chi connectivity index (χ3n) is 5.87. The molecule has 0 aliphatic carbocycles. The van der Waals surface area contributed by atoms with Crippen molar-refractivity contribution in [1.82, 2.24) is 24.6 Å². The van der Waals surface area contributed by atoms with Crippen molar-refractivity contribution in [2.75, 3.05) is 32.8 Å². The summed E-state index contributed by atoms with van der Waals surface area (Å²) in [6, 6.07) is 11.4. The zero-order valence-corrected chi connectivity index (χ0v) is 23.0. The predicted molar refractivity (Wildman–Crippen MR) is 145 cm³/mol. The average Bonchev–Trinajstić information content (AvgIpc) is 3.52. The third kappa shape index (κ3) is 7.64. The van der Waals surface area contributed by atoms with Gasteiger partial charge in [0, 0.05) is 35.0 Å². The zero-order valence-electron chi connectivity index (χ0n) is 22.2. The van der Waals surface area contributed by atoms with E-state index in [1.807, 2.05) is 36.4 Å². The van der Waals surface area contributed by atoms with Gasteiger partial charge in [-0.2, -0.15) is 5.10 Å². The summed E-state index contributed by atoms with van der Waals surface area (Å²) in [5.74, 6) is -0.000472. The molecule has 0 spiro atoms. The first-order chi connectivity index (χ1) is 18.6. The van der Waals surface area contributed by atoms with Crippen LogP contribution in [0.25, 0.3) is 10.4 Å². The first kappa shape index (κ1) is 28.2. The number of carbonyl (C=O) groups is 2. The fourth-order valence-corrected chi connectivity index (χ4v) is 4.93. The van der Waals surface area contributed by atoms with Gasteiger partial charge in [-0.3, -0.25) is 9.36 Å². The van der Waals surface area contributed by atoms with Crippen LogP contribution in [0.4, 0.5) is 9.18 Å². The highest BCUT2D eigenvalue weighted by molar-refractivity contribution is 7.15. The molecule has 1 N–H and O–H groups in total. The second-order valence-corrected chi connectivity index (χ2v) is 11.2. The van der Waals surface area contributed by atoms with E-state index in [4.69, 9.17) is 9.47 Å². The van der Waals surface area contributed by atoms with Crippen LogP contribution >= 0.6 is 11.3 Å². The Bertz CT molecular complexity index is 1380. The molecule has 3 aromatic rings. The maximum Gasteiger partial charge on any atom is 0.407 e. The number of thiophene rings is 1. The SMILES string of the molecule is CC(C)(C)OC(=O)NCC(=CF)Cn1ncn(Cc2ccc(-c3ccc(C(=O)N4CCOCC4)cc3)s2)c1=O. The number of morpholine rings is 1. The average molecular weight is 558 g/mol. The van der Waals surface area contributed by atoms with Crippen molar-refractivity contribution in [1.29, 1.82) is 0 Å². The van der Waals surface area contributed by atoms with Crippen LogP contribution in [0.3, 0.4) is 0 Å². The Morgan fingerprint density at radius 2 is 1.87 bits per heavy atom. The minimum Gasteiger partial charge on any atom is -0.444 e. The van der Waals surface area contributed by atoms with Gasteiger partial charge in [0.15, 0.2) is 0 Å². The molecule has 0 bridgehead atoms. The second-order valence-electron chi connectivity index (χ2n) is 10.1. The van der Waals surface area contributed by atoms with E-state index in [1.54, 1.807) is 25.7 Å². The lowest BCUT2D eigenvalue weighted by Crippen LogP contribution is -2.40. The number of hydrogen-bond donors (Lipinski definition) is 1. The van der Waals surface area contributed by atoms with Gasteiger partial charge in [-0.25, -0.2) is 18.7 Å². The summed E-state index contributed by atoms with van der Waals surface area (Å²) in [5, 5.41) is 6.57. The number of nitrogens with zero attached hydrogens (tertiary/aromatic N) is 4. The Morgan fingerprint density at radius 1 is 1.15 bits per heavy atom. The van der Waals surface area contributed by atoms with E-state index in [1.165, 1.54) is 22.2 Å². The predicted octanol–water partition coefficient (Wildman–Crippen LogP) is 3.67. The minimum atomic E-state index is -0.674. The quantitative estimate of drug-likeness (QED) is 0.453. The van der Waals surface area contributed by atoms with Crippen molar-refractivity contribution in [2.24, 2.45) is 0 Å². The largest absolute Gasteiger partial charge is 0.444 e. The molecule has 1 aliphatic rings. The van der Waals surface area contributed by atoms with Gasteiger partial charge in [0.05, 0.1) is 32.6 Å². The number of ether oxygens (including phenoxy) is 2. The van der Waals surface area contributed by atoms with Crippen LogP contribution in [0.2, 0.25) is 0 Å². The van der Waals surface area contributed by atoms with E-state index in [0.29, 0.717) is 44.7 Å². The lowest BCUT2D eigenvalue weighted by atomic mass is 10.1. The van der Waals surface area contributed by atoms with Gasteiger partial charge in [-0.1, -0.05) is 12.1 Å². The molecule has 2 aromatic heterocycles. The Kier molecular flexibility index (Phi) is 8.97. The van der Waals surface area contributed by atoms with Gasteiger partial charge in [0.25, 0.3) is 5.91 Å². The molecule has 10 nitrogen and oxygen atoms in total. The molecule has 0 unspecified atom stereocenters. The molecule has 0 radical (unpaired) electrons. The fourth-order valence-electron chi connectivity index (χ4n) is 3.92. The summed E-state index contributed by atoms with van der Waals surface area (Å²) in [7, 11) is 0. The van der Waals surface area contributed by atoms with Crippen LogP contribution in [-0.2, 0) is 22.6 Å². The molecular weight excluding hydrogens is 525 g/mol. The van der Waals surface area contributed by atoms with Gasteiger partial charge in [-0.15, -0.1) is 11.3 Å². The second kappa shape index (κ2) is 12.4. The topological polar surface area (TPSA) is 108 Å². The summed E-state index contributed by atoms with van der Waals surface area (Å²) in [4.78, 5) is 41.1. The lowest BCUT2D eigenvalue weighted by molar-refractivity contribution is 0.0303. The fraction of sp³-hybridized carbons (Fsp3) is 0.407. The molecule has 1 fully saturated rings. The van der Waals surface area contributed by atoms with Crippen LogP contribution in [0, 0.1) is 0 Å². The van der Waals surface area contributed by atoms with Crippen LogP contribution in [0.1, 0.15) is 36.0 Å². The number of hydrogen-bond acceptors (Lipinski definition) is 7. The maximum absolute atomic E-state index is 13.4. The van der Waals surface area contributed by atoms with E-state index < -0.39 is 17.4 Å². The van der Waals surface area contributed by atoms with Crippen molar-refractivity contribution in [2.45, 2.75) is 39.5 Å². The molecule has 1 aromatic carbocycles. The third-order valence-corrected chi connectivity index (χ3v) is 6.98. The molecule has 2 amide bonds. The van der Waals surface area contributed by atoms with Gasteiger partial charge in [0.2, 0.25) is 0 Å². The number of amides is 2. The van der Waals surface area contributed by atoms with Gasteiger partial charge in [0.1, 0.15) is 11.9 Å². The van der Waals surface area contributed by atoms with E-state index in [9.17, 15) is 18.8 Å². The van der Waals surface area contributed by atoms with Crippen LogP contribution in [-0.4, -0.2) is 69.7 Å². The van der Waals surface area contributed by atoms with E-state index in [0.717, 1.165) is 20.0 Å². The van der Waals surface area contributed by atoms with Crippen molar-refractivity contribution < 1.29 is 23.5 Å². The molecule has 3 heterocycles. The van der Waals surface area contributed by atoms with Crippen LogP contribution < -0.4 is 11.0 Å². The number of benzene rings is 1. The normalized spacial score (nSPS) is 14.4. The summed E-state index contributed by atoms with van der Waals surface area (Å²) < 4.78 is 26.5. The molecule has 0 atom stereocenters. The lowest BCUT2D eigenvalue weighted by Gasteiger charge is -2.26. The molecular formula is C27H32FN5O5S. The standard InChI is InChI=1S/C27H32FN5O5S/c1-27(2,3)38-25(35)29-15-19(14-28)16-33-26(36)32(18-30-33)17-22-8-9-23(39-22)20-4-6-21(7-5-20)24(34)31-10-12-37-13-11-31/h4-9,14,18H,10-13,15-17H2,1-3H3,(H,29,35). The van der Waals surface area contributed by atoms with Crippen LogP contribution in [0.15, 0.2) is 59.4 Å². The number of carbonyl (C=O) groups excluding carboxylic acids is 2. The smallest absolute Gasteiger partial charge is 0.407 e. The van der Waals surface area contributed by atoms with Crippen LogP contribution in [0.5, 0.6) is 0 Å². The van der Waals surface area contributed by atoms with E-state index in [-0.39, 0.29) is 24.6 Å². The highest BCUT2D eigenvalue weighted by Gasteiger charge is 2.19. The number of alkyl carbamates (subject to hydrolysis) is 1. The molecule has 0 saturated carbocycles. The van der Waals surface area contributed by atoms with Crippen molar-refractivity contribution in [3.8, 4) is 10.4 Å². The number of nitrogens with one attached hydrogen (secondary N) is 1. The Morgan fingerprint density at radius 3 is 2.54 bits per heavy atom. The molecule has 12 heteroatoms. The van der Waals surface area contributed by atoms with Gasteiger partial charge in [-0.05, 0) is 56.2 Å². The molecule has 39 heavy (non-hydrogen) atoms. The first-order valence-electron chi connectivity index (χ1n) is 12.6. The number of rotatable bonds is 8. The Hall–Kier alpha value is -3.77. The van der Waals surface area contributed by atoms with Crippen molar-refractivity contribution >= 4 is 23.3 Å². The van der Waals surface area contributed by atoms with E-state index in [2.05, 4.69) is 10.4 Å². The summed E-state index contributed by atoms with van der Waals surface area (Å²) in [5.41, 5.74) is 0.712. The van der Waals surface area contributed by atoms with E-state index >= 15 is 0 Å². The highest BCUT2D eigenvalue weighted by atomic mass is 32.1. The zero-order chi connectivity index (χ0) is 28.0. The Balaban J connectivity index is 1.35. The molecule has 1 aliphatic heterocycles.